The Morgan fingerprint density at radius 2 is 1.88 bits per heavy atom. The minimum atomic E-state index is -1.28. The van der Waals surface area contributed by atoms with E-state index in [0.717, 1.165) is 5.56 Å². The molecule has 2 aromatic carbocycles. The van der Waals surface area contributed by atoms with Gasteiger partial charge in [0.25, 0.3) is 5.91 Å². The van der Waals surface area contributed by atoms with Gasteiger partial charge < -0.3 is 20.0 Å². The highest BCUT2D eigenvalue weighted by molar-refractivity contribution is 7.80. The van der Waals surface area contributed by atoms with Gasteiger partial charge in [-0.15, -0.1) is 0 Å². The van der Waals surface area contributed by atoms with Crippen molar-refractivity contribution in [3.8, 4) is 5.75 Å². The van der Waals surface area contributed by atoms with Crippen LogP contribution in [-0.4, -0.2) is 23.6 Å². The highest BCUT2D eigenvalue weighted by Crippen LogP contribution is 2.18. The van der Waals surface area contributed by atoms with Crippen LogP contribution in [0.15, 0.2) is 42.5 Å². The zero-order valence-corrected chi connectivity index (χ0v) is 14.6. The number of ether oxygens (including phenoxy) is 1. The third-order valence-electron chi connectivity index (χ3n) is 3.41. The topological polar surface area (TPSA) is 90.5 Å². The Morgan fingerprint density at radius 3 is 2.56 bits per heavy atom. The molecule has 0 fully saturated rings. The van der Waals surface area contributed by atoms with Crippen molar-refractivity contribution >= 4 is 34.9 Å². The zero-order valence-electron chi connectivity index (χ0n) is 13.8. The van der Waals surface area contributed by atoms with Crippen molar-refractivity contribution in [2.75, 3.05) is 11.9 Å². The summed E-state index contributed by atoms with van der Waals surface area (Å²) in [5.41, 5.74) is 2.03. The van der Waals surface area contributed by atoms with Crippen molar-refractivity contribution in [1.29, 1.82) is 0 Å². The molecule has 7 heteroatoms. The number of hydrogen-bond donors (Lipinski definition) is 2. The summed E-state index contributed by atoms with van der Waals surface area (Å²) in [5.74, 6) is -1.11. The third-order valence-corrected chi connectivity index (χ3v) is 3.62. The van der Waals surface area contributed by atoms with E-state index in [0.29, 0.717) is 17.0 Å². The van der Waals surface area contributed by atoms with Crippen LogP contribution in [0.25, 0.3) is 0 Å². The van der Waals surface area contributed by atoms with Crippen LogP contribution in [-0.2, 0) is 4.79 Å². The average Bonchev–Trinajstić information content (AvgIpc) is 2.54. The predicted octanol–water partition coefficient (Wildman–Crippen LogP) is 1.56. The summed E-state index contributed by atoms with van der Waals surface area (Å²) in [7, 11) is 0. The molecule has 130 valence electrons. The molecule has 0 aliphatic carbocycles. The second-order valence-electron chi connectivity index (χ2n) is 5.37. The SMILES string of the molecule is Cc1cccc(OCC(=O)NC(=S)Nc2cccc(C(=O)[O-])c2C)c1. The molecular weight excluding hydrogens is 340 g/mol. The second-order valence-corrected chi connectivity index (χ2v) is 5.78. The van der Waals surface area contributed by atoms with E-state index in [1.165, 1.54) is 6.07 Å². The van der Waals surface area contributed by atoms with Gasteiger partial charge in [0.2, 0.25) is 0 Å². The second kappa shape index (κ2) is 8.25. The highest BCUT2D eigenvalue weighted by Gasteiger charge is 2.09. The molecule has 2 rings (SSSR count). The number of nitrogens with one attached hydrogen (secondary N) is 2. The number of carboxylic acids is 1. The van der Waals surface area contributed by atoms with E-state index in [9.17, 15) is 14.7 Å². The smallest absolute Gasteiger partial charge is 0.264 e. The normalized spacial score (nSPS) is 10.0. The molecule has 2 N–H and O–H groups in total. The van der Waals surface area contributed by atoms with E-state index in [1.807, 2.05) is 25.1 Å². The predicted molar refractivity (Wildman–Crippen MR) is 96.5 cm³/mol. The van der Waals surface area contributed by atoms with Crippen LogP contribution in [0.4, 0.5) is 5.69 Å². The van der Waals surface area contributed by atoms with E-state index >= 15 is 0 Å². The maximum Gasteiger partial charge on any atom is 0.264 e. The van der Waals surface area contributed by atoms with Crippen LogP contribution in [0.2, 0.25) is 0 Å². The molecule has 0 heterocycles. The molecule has 0 saturated heterocycles. The summed E-state index contributed by atoms with van der Waals surface area (Å²) in [6.07, 6.45) is 0. The first-order valence-electron chi connectivity index (χ1n) is 7.48. The molecular formula is C18H17N2O4S-. The summed E-state index contributed by atoms with van der Waals surface area (Å²) in [6.45, 7) is 3.36. The monoisotopic (exact) mass is 357 g/mol. The number of benzene rings is 2. The summed E-state index contributed by atoms with van der Waals surface area (Å²) < 4.78 is 5.39. The lowest BCUT2D eigenvalue weighted by Gasteiger charge is -2.15. The molecule has 0 spiro atoms. The summed E-state index contributed by atoms with van der Waals surface area (Å²) in [5, 5.41) is 16.4. The van der Waals surface area contributed by atoms with Gasteiger partial charge in [0.15, 0.2) is 11.7 Å². The number of thiocarbonyl (C=S) groups is 1. The number of aromatic carboxylic acids is 1. The molecule has 0 aliphatic heterocycles. The van der Waals surface area contributed by atoms with Gasteiger partial charge >= 0.3 is 0 Å². The minimum absolute atomic E-state index is 0.0523. The van der Waals surface area contributed by atoms with Crippen LogP contribution >= 0.6 is 12.2 Å². The number of carbonyl (C=O) groups is 2. The first-order chi connectivity index (χ1) is 11.9. The van der Waals surface area contributed by atoms with Gasteiger partial charge in [-0.05, 0) is 55.4 Å². The summed E-state index contributed by atoms with van der Waals surface area (Å²) >= 11 is 5.07. The molecule has 0 bridgehead atoms. The number of carboxylic acid groups (broad SMARTS) is 1. The van der Waals surface area contributed by atoms with Crippen molar-refractivity contribution in [2.24, 2.45) is 0 Å². The van der Waals surface area contributed by atoms with Crippen LogP contribution in [0.1, 0.15) is 21.5 Å². The largest absolute Gasteiger partial charge is 0.545 e. The van der Waals surface area contributed by atoms with Gasteiger partial charge in [0, 0.05) is 11.3 Å². The maximum atomic E-state index is 11.9. The molecule has 0 atom stereocenters. The fraction of sp³-hybridized carbons (Fsp3) is 0.167. The van der Waals surface area contributed by atoms with E-state index < -0.39 is 11.9 Å². The number of aryl methyl sites for hydroxylation is 1. The van der Waals surface area contributed by atoms with Crippen LogP contribution < -0.4 is 20.5 Å². The third kappa shape index (κ3) is 5.29. The quantitative estimate of drug-likeness (QED) is 0.789. The lowest BCUT2D eigenvalue weighted by molar-refractivity contribution is -0.255. The van der Waals surface area contributed by atoms with Crippen LogP contribution in [0.5, 0.6) is 5.75 Å². The lowest BCUT2D eigenvalue weighted by Crippen LogP contribution is -2.37. The maximum absolute atomic E-state index is 11.9. The number of rotatable bonds is 5. The molecule has 6 nitrogen and oxygen atoms in total. The minimum Gasteiger partial charge on any atom is -0.545 e. The molecule has 25 heavy (non-hydrogen) atoms. The van der Waals surface area contributed by atoms with Crippen molar-refractivity contribution in [3.05, 3.63) is 59.2 Å². The Morgan fingerprint density at radius 1 is 1.16 bits per heavy atom. The summed E-state index contributed by atoms with van der Waals surface area (Å²) in [6, 6.07) is 12.0. The number of carbonyl (C=O) groups excluding carboxylic acids is 2. The van der Waals surface area contributed by atoms with Gasteiger partial charge in [-0.2, -0.15) is 0 Å². The Bertz CT molecular complexity index is 820. The molecule has 0 unspecified atom stereocenters. The number of hydrogen-bond acceptors (Lipinski definition) is 5. The Labute approximate surface area is 150 Å². The van der Waals surface area contributed by atoms with E-state index in [4.69, 9.17) is 17.0 Å². The van der Waals surface area contributed by atoms with E-state index in [1.54, 1.807) is 25.1 Å². The van der Waals surface area contributed by atoms with E-state index in [-0.39, 0.29) is 17.3 Å². The highest BCUT2D eigenvalue weighted by atomic mass is 32.1. The number of amides is 1. The first kappa shape index (κ1) is 18.4. The standard InChI is InChI=1S/C18H18N2O4S/c1-11-5-3-6-13(9-11)24-10-16(21)20-18(25)19-15-8-4-7-14(12(15)2)17(22)23/h3-9H,10H2,1-2H3,(H,22,23)(H2,19,20,21,25)/p-1. The van der Waals surface area contributed by atoms with Crippen molar-refractivity contribution in [3.63, 3.8) is 0 Å². The Kier molecular flexibility index (Phi) is 6.08. The number of anilines is 1. The van der Waals surface area contributed by atoms with Crippen LogP contribution in [0, 0.1) is 13.8 Å². The fourth-order valence-electron chi connectivity index (χ4n) is 2.16. The summed E-state index contributed by atoms with van der Waals surface area (Å²) in [4.78, 5) is 22.9. The first-order valence-corrected chi connectivity index (χ1v) is 7.89. The van der Waals surface area contributed by atoms with Gasteiger partial charge in [-0.25, -0.2) is 0 Å². The molecule has 0 aliphatic rings. The van der Waals surface area contributed by atoms with E-state index in [2.05, 4.69) is 10.6 Å². The van der Waals surface area contributed by atoms with Crippen molar-refractivity contribution in [1.82, 2.24) is 5.32 Å². The average molecular weight is 357 g/mol. The Hall–Kier alpha value is -2.93. The lowest BCUT2D eigenvalue weighted by atomic mass is 10.1. The van der Waals surface area contributed by atoms with Gasteiger partial charge in [0.05, 0.1) is 5.97 Å². The molecule has 0 aromatic heterocycles. The molecule has 0 saturated carbocycles. The van der Waals surface area contributed by atoms with Crippen molar-refractivity contribution < 1.29 is 19.4 Å². The van der Waals surface area contributed by atoms with Crippen LogP contribution in [0.3, 0.4) is 0 Å². The molecule has 2 aromatic rings. The zero-order chi connectivity index (χ0) is 18.4. The van der Waals surface area contributed by atoms with Gasteiger partial charge in [0.1, 0.15) is 5.75 Å². The molecule has 0 radical (unpaired) electrons. The van der Waals surface area contributed by atoms with Gasteiger partial charge in [-0.3, -0.25) is 10.1 Å². The molecule has 1 amide bonds. The Balaban J connectivity index is 1.91. The van der Waals surface area contributed by atoms with Gasteiger partial charge in [-0.1, -0.05) is 24.3 Å². The fourth-order valence-corrected chi connectivity index (χ4v) is 2.39. The van der Waals surface area contributed by atoms with Crippen molar-refractivity contribution in [2.45, 2.75) is 13.8 Å².